The van der Waals surface area contributed by atoms with Crippen molar-refractivity contribution in [2.75, 3.05) is 13.2 Å². The first kappa shape index (κ1) is 14.9. The third kappa shape index (κ3) is 8.19. The highest BCUT2D eigenvalue weighted by Gasteiger charge is 2.24. The number of carboxylic acid groups (broad SMARTS) is 1. The molecular formula is C10H19NO5. The molecule has 0 heterocycles. The van der Waals surface area contributed by atoms with Crippen LogP contribution in [-0.2, 0) is 14.3 Å². The number of amides is 1. The van der Waals surface area contributed by atoms with E-state index in [9.17, 15) is 14.7 Å². The van der Waals surface area contributed by atoms with Crippen LogP contribution in [0.3, 0.4) is 0 Å². The quantitative estimate of drug-likeness (QED) is 0.563. The molecular weight excluding hydrogens is 214 g/mol. The molecule has 1 unspecified atom stereocenters. The van der Waals surface area contributed by atoms with Crippen LogP contribution in [0.2, 0.25) is 0 Å². The van der Waals surface area contributed by atoms with Crippen LogP contribution in [0, 0.1) is 0 Å². The van der Waals surface area contributed by atoms with Gasteiger partial charge in [0.2, 0.25) is 5.91 Å². The van der Waals surface area contributed by atoms with Crippen molar-refractivity contribution in [1.82, 2.24) is 5.32 Å². The molecule has 0 aromatic rings. The maximum absolute atomic E-state index is 11.2. The van der Waals surface area contributed by atoms with Gasteiger partial charge in [-0.25, -0.2) is 0 Å². The van der Waals surface area contributed by atoms with Crippen LogP contribution < -0.4 is 5.32 Å². The van der Waals surface area contributed by atoms with E-state index in [-0.39, 0.29) is 25.2 Å². The first-order chi connectivity index (χ1) is 7.23. The Labute approximate surface area is 94.6 Å². The van der Waals surface area contributed by atoms with E-state index in [0.29, 0.717) is 0 Å². The Hall–Kier alpha value is -1.14. The van der Waals surface area contributed by atoms with E-state index in [1.54, 1.807) is 13.8 Å². The van der Waals surface area contributed by atoms with E-state index in [1.807, 2.05) is 0 Å². The molecule has 16 heavy (non-hydrogen) atoms. The summed E-state index contributed by atoms with van der Waals surface area (Å²) in [6.07, 6.45) is -0.469. The highest BCUT2D eigenvalue weighted by Crippen LogP contribution is 2.07. The molecule has 0 aromatic heterocycles. The number of carbonyl (C=O) groups is 2. The third-order valence-electron chi connectivity index (χ3n) is 1.75. The predicted octanol–water partition coefficient (Wildman–Crippen LogP) is -0.247. The first-order valence-corrected chi connectivity index (χ1v) is 5.05. The summed E-state index contributed by atoms with van der Waals surface area (Å²) in [6, 6.07) is 0. The lowest BCUT2D eigenvalue weighted by Gasteiger charge is -2.21. The van der Waals surface area contributed by atoms with Crippen molar-refractivity contribution in [3.8, 4) is 0 Å². The van der Waals surface area contributed by atoms with Gasteiger partial charge in [-0.15, -0.1) is 0 Å². The molecule has 1 atom stereocenters. The van der Waals surface area contributed by atoms with Crippen LogP contribution in [0.4, 0.5) is 0 Å². The second kappa shape index (κ2) is 6.44. The Morgan fingerprint density at radius 1 is 1.44 bits per heavy atom. The van der Waals surface area contributed by atoms with Crippen molar-refractivity contribution in [1.29, 1.82) is 0 Å². The van der Waals surface area contributed by atoms with Crippen LogP contribution in [0.1, 0.15) is 27.2 Å². The molecule has 1 amide bonds. The van der Waals surface area contributed by atoms with E-state index in [2.05, 4.69) is 5.32 Å². The average Bonchev–Trinajstić information content (AvgIpc) is 2.09. The number of ether oxygens (including phenoxy) is 1. The molecule has 6 nitrogen and oxygen atoms in total. The molecule has 0 saturated heterocycles. The second-order valence-electron chi connectivity index (χ2n) is 4.20. The Morgan fingerprint density at radius 3 is 2.44 bits per heavy atom. The number of nitrogens with one attached hydrogen (secondary N) is 1. The Bertz CT molecular complexity index is 250. The number of hydrogen-bond donors (Lipinski definition) is 3. The molecule has 0 rings (SSSR count). The van der Waals surface area contributed by atoms with Gasteiger partial charge in [-0.3, -0.25) is 9.59 Å². The standard InChI is InChI=1S/C10H19NO5/c1-7(2)16-5-8(12)11-6-10(3,15)4-9(13)14/h7,15H,4-6H2,1-3H3,(H,11,12)(H,13,14). The summed E-state index contributed by atoms with van der Waals surface area (Å²) in [6.45, 7) is 4.74. The summed E-state index contributed by atoms with van der Waals surface area (Å²) in [5, 5.41) is 20.5. The van der Waals surface area contributed by atoms with Crippen LogP contribution in [0.15, 0.2) is 0 Å². The van der Waals surface area contributed by atoms with E-state index < -0.39 is 18.0 Å². The summed E-state index contributed by atoms with van der Waals surface area (Å²) >= 11 is 0. The van der Waals surface area contributed by atoms with Gasteiger partial charge in [0.15, 0.2) is 0 Å². The molecule has 94 valence electrons. The highest BCUT2D eigenvalue weighted by atomic mass is 16.5. The topological polar surface area (TPSA) is 95.9 Å². The average molecular weight is 233 g/mol. The van der Waals surface area contributed by atoms with Crippen molar-refractivity contribution in [3.63, 3.8) is 0 Å². The number of carbonyl (C=O) groups excluding carboxylic acids is 1. The number of aliphatic hydroxyl groups is 1. The molecule has 0 fully saturated rings. The van der Waals surface area contributed by atoms with Gasteiger partial charge in [0.25, 0.3) is 0 Å². The zero-order valence-electron chi connectivity index (χ0n) is 9.82. The monoisotopic (exact) mass is 233 g/mol. The third-order valence-corrected chi connectivity index (χ3v) is 1.75. The van der Waals surface area contributed by atoms with Crippen LogP contribution in [-0.4, -0.2) is 46.9 Å². The number of aliphatic carboxylic acids is 1. The van der Waals surface area contributed by atoms with E-state index >= 15 is 0 Å². The SMILES string of the molecule is CC(C)OCC(=O)NCC(C)(O)CC(=O)O. The summed E-state index contributed by atoms with van der Waals surface area (Å²) in [5.41, 5.74) is -1.45. The lowest BCUT2D eigenvalue weighted by molar-refractivity contribution is -0.142. The zero-order valence-corrected chi connectivity index (χ0v) is 9.82. The van der Waals surface area contributed by atoms with Gasteiger partial charge in [-0.1, -0.05) is 0 Å². The number of hydrogen-bond acceptors (Lipinski definition) is 4. The second-order valence-corrected chi connectivity index (χ2v) is 4.20. The molecule has 0 aliphatic rings. The molecule has 0 aliphatic heterocycles. The summed E-state index contributed by atoms with van der Waals surface area (Å²) < 4.78 is 5.04. The van der Waals surface area contributed by atoms with E-state index in [1.165, 1.54) is 6.92 Å². The molecule has 6 heteroatoms. The minimum Gasteiger partial charge on any atom is -0.481 e. The smallest absolute Gasteiger partial charge is 0.306 e. The summed E-state index contributed by atoms with van der Waals surface area (Å²) in [4.78, 5) is 21.6. The fourth-order valence-electron chi connectivity index (χ4n) is 0.971. The Kier molecular flexibility index (Phi) is 5.98. The molecule has 0 radical (unpaired) electrons. The molecule has 0 aliphatic carbocycles. The van der Waals surface area contributed by atoms with Crippen molar-refractivity contribution in [2.24, 2.45) is 0 Å². The lowest BCUT2D eigenvalue weighted by atomic mass is 10.0. The van der Waals surface area contributed by atoms with E-state index in [0.717, 1.165) is 0 Å². The van der Waals surface area contributed by atoms with Gasteiger partial charge in [-0.2, -0.15) is 0 Å². The van der Waals surface area contributed by atoms with Crippen LogP contribution >= 0.6 is 0 Å². The van der Waals surface area contributed by atoms with Crippen molar-refractivity contribution >= 4 is 11.9 Å². The van der Waals surface area contributed by atoms with Crippen molar-refractivity contribution in [3.05, 3.63) is 0 Å². The van der Waals surface area contributed by atoms with Gasteiger partial charge < -0.3 is 20.3 Å². The lowest BCUT2D eigenvalue weighted by Crippen LogP contribution is -2.43. The molecule has 0 aromatic carbocycles. The fraction of sp³-hybridized carbons (Fsp3) is 0.800. The van der Waals surface area contributed by atoms with Gasteiger partial charge in [0, 0.05) is 6.54 Å². The Morgan fingerprint density at radius 2 is 2.00 bits per heavy atom. The van der Waals surface area contributed by atoms with Crippen molar-refractivity contribution in [2.45, 2.75) is 38.9 Å². The normalized spacial score (nSPS) is 14.6. The number of carboxylic acids is 1. The summed E-state index contributed by atoms with van der Waals surface area (Å²) in [7, 11) is 0. The largest absolute Gasteiger partial charge is 0.481 e. The fourth-order valence-corrected chi connectivity index (χ4v) is 0.971. The molecule has 3 N–H and O–H groups in total. The minimum atomic E-state index is -1.45. The van der Waals surface area contributed by atoms with Gasteiger partial charge in [0.1, 0.15) is 6.61 Å². The minimum absolute atomic E-state index is 0.0507. The summed E-state index contributed by atoms with van der Waals surface area (Å²) in [5.74, 6) is -1.49. The zero-order chi connectivity index (χ0) is 12.8. The molecule has 0 saturated carbocycles. The molecule has 0 spiro atoms. The highest BCUT2D eigenvalue weighted by molar-refractivity contribution is 5.77. The van der Waals surface area contributed by atoms with Gasteiger partial charge in [-0.05, 0) is 20.8 Å². The van der Waals surface area contributed by atoms with Gasteiger partial charge >= 0.3 is 5.97 Å². The maximum atomic E-state index is 11.2. The Balaban J connectivity index is 3.86. The van der Waals surface area contributed by atoms with Crippen molar-refractivity contribution < 1.29 is 24.5 Å². The van der Waals surface area contributed by atoms with Gasteiger partial charge in [0.05, 0.1) is 18.1 Å². The number of rotatable bonds is 7. The predicted molar refractivity (Wildman–Crippen MR) is 57.0 cm³/mol. The van der Waals surface area contributed by atoms with Crippen LogP contribution in [0.5, 0.6) is 0 Å². The maximum Gasteiger partial charge on any atom is 0.306 e. The molecule has 0 bridgehead atoms. The van der Waals surface area contributed by atoms with Crippen LogP contribution in [0.25, 0.3) is 0 Å². The van der Waals surface area contributed by atoms with E-state index in [4.69, 9.17) is 9.84 Å². The first-order valence-electron chi connectivity index (χ1n) is 5.05.